The van der Waals surface area contributed by atoms with Gasteiger partial charge in [-0.25, -0.2) is 4.39 Å². The minimum atomic E-state index is -4.19. The second-order valence-corrected chi connectivity index (χ2v) is 4.28. The Morgan fingerprint density at radius 2 is 2.00 bits per heavy atom. The van der Waals surface area contributed by atoms with Gasteiger partial charge in [0.2, 0.25) is 0 Å². The van der Waals surface area contributed by atoms with Gasteiger partial charge in [-0.15, -0.1) is 0 Å². The molecule has 0 radical (unpaired) electrons. The molecule has 108 valence electrons. The van der Waals surface area contributed by atoms with E-state index in [2.05, 4.69) is 5.32 Å². The number of rotatable bonds is 6. The normalized spacial score (nSPS) is 13.4. The fourth-order valence-electron chi connectivity index (χ4n) is 1.82. The SMILES string of the molecule is CNC(CCC(F)(F)F)Cc1cccc(OC)c1F. The third kappa shape index (κ3) is 5.06. The zero-order chi connectivity index (χ0) is 14.5. The van der Waals surface area contributed by atoms with Gasteiger partial charge in [0.25, 0.3) is 0 Å². The molecule has 0 amide bonds. The molecule has 0 aliphatic rings. The molecule has 1 aromatic carbocycles. The van der Waals surface area contributed by atoms with Gasteiger partial charge in [0.05, 0.1) is 7.11 Å². The number of benzene rings is 1. The van der Waals surface area contributed by atoms with Gasteiger partial charge in [-0.1, -0.05) is 12.1 Å². The summed E-state index contributed by atoms with van der Waals surface area (Å²) in [5.41, 5.74) is 0.348. The van der Waals surface area contributed by atoms with Crippen LogP contribution in [0.15, 0.2) is 18.2 Å². The Hall–Kier alpha value is -1.30. The van der Waals surface area contributed by atoms with Crippen LogP contribution in [0.25, 0.3) is 0 Å². The molecule has 0 fully saturated rings. The van der Waals surface area contributed by atoms with E-state index in [1.165, 1.54) is 13.2 Å². The smallest absolute Gasteiger partial charge is 0.389 e. The van der Waals surface area contributed by atoms with Crippen molar-refractivity contribution in [3.63, 3.8) is 0 Å². The highest BCUT2D eigenvalue weighted by atomic mass is 19.4. The second-order valence-electron chi connectivity index (χ2n) is 4.28. The van der Waals surface area contributed by atoms with Crippen LogP contribution in [-0.4, -0.2) is 26.4 Å². The minimum Gasteiger partial charge on any atom is -0.494 e. The molecule has 19 heavy (non-hydrogen) atoms. The fourth-order valence-corrected chi connectivity index (χ4v) is 1.82. The molecule has 0 heterocycles. The molecule has 0 aliphatic heterocycles. The lowest BCUT2D eigenvalue weighted by molar-refractivity contribution is -0.136. The third-order valence-electron chi connectivity index (χ3n) is 2.91. The van der Waals surface area contributed by atoms with Crippen molar-refractivity contribution in [1.29, 1.82) is 0 Å². The molecule has 2 nitrogen and oxygen atoms in total. The van der Waals surface area contributed by atoms with E-state index in [9.17, 15) is 17.6 Å². The maximum absolute atomic E-state index is 13.9. The maximum atomic E-state index is 13.9. The van der Waals surface area contributed by atoms with Gasteiger partial charge in [0.1, 0.15) is 0 Å². The lowest BCUT2D eigenvalue weighted by atomic mass is 10.0. The minimum absolute atomic E-state index is 0.0867. The van der Waals surface area contributed by atoms with Crippen LogP contribution in [0.3, 0.4) is 0 Å². The van der Waals surface area contributed by atoms with Crippen molar-refractivity contribution in [3.05, 3.63) is 29.6 Å². The van der Waals surface area contributed by atoms with E-state index in [1.54, 1.807) is 19.2 Å². The molecule has 1 aromatic rings. The number of nitrogens with one attached hydrogen (secondary N) is 1. The number of hydrogen-bond donors (Lipinski definition) is 1. The fraction of sp³-hybridized carbons (Fsp3) is 0.538. The predicted octanol–water partition coefficient (Wildman–Crippen LogP) is 3.31. The standard InChI is InChI=1S/C13H17F4NO/c1-18-10(6-7-13(15,16)17)8-9-4-3-5-11(19-2)12(9)14/h3-5,10,18H,6-8H2,1-2H3. The van der Waals surface area contributed by atoms with Crippen LogP contribution < -0.4 is 10.1 Å². The highest BCUT2D eigenvalue weighted by molar-refractivity contribution is 5.31. The number of alkyl halides is 3. The molecule has 6 heteroatoms. The van der Waals surface area contributed by atoms with Crippen LogP contribution in [0.5, 0.6) is 5.75 Å². The second kappa shape index (κ2) is 6.75. The van der Waals surface area contributed by atoms with E-state index in [4.69, 9.17) is 4.74 Å². The molecule has 1 N–H and O–H groups in total. The first-order valence-corrected chi connectivity index (χ1v) is 5.92. The largest absolute Gasteiger partial charge is 0.494 e. The van der Waals surface area contributed by atoms with Crippen LogP contribution in [-0.2, 0) is 6.42 Å². The molecule has 1 atom stereocenters. The van der Waals surface area contributed by atoms with Gasteiger partial charge in [0.15, 0.2) is 11.6 Å². The van der Waals surface area contributed by atoms with Crippen molar-refractivity contribution in [1.82, 2.24) is 5.32 Å². The molecule has 1 unspecified atom stereocenters. The summed E-state index contributed by atoms with van der Waals surface area (Å²) < 4.78 is 55.2. The summed E-state index contributed by atoms with van der Waals surface area (Å²) in [6, 6.07) is 4.22. The molecule has 1 rings (SSSR count). The first-order chi connectivity index (χ1) is 8.87. The maximum Gasteiger partial charge on any atom is 0.389 e. The summed E-state index contributed by atoms with van der Waals surface area (Å²) in [6.45, 7) is 0. The summed E-state index contributed by atoms with van der Waals surface area (Å²) in [5, 5.41) is 2.78. The Labute approximate surface area is 109 Å². The molecule has 0 spiro atoms. The Kier molecular flexibility index (Phi) is 5.60. The van der Waals surface area contributed by atoms with Crippen LogP contribution in [0.2, 0.25) is 0 Å². The van der Waals surface area contributed by atoms with E-state index in [0.29, 0.717) is 5.56 Å². The van der Waals surface area contributed by atoms with E-state index < -0.39 is 24.5 Å². The summed E-state index contributed by atoms with van der Waals surface area (Å²) in [5.74, 6) is -0.416. The number of halogens is 4. The molecular formula is C13H17F4NO. The van der Waals surface area contributed by atoms with Crippen molar-refractivity contribution < 1.29 is 22.3 Å². The van der Waals surface area contributed by atoms with Crippen LogP contribution in [0.1, 0.15) is 18.4 Å². The number of likely N-dealkylation sites (N-methyl/N-ethyl adjacent to an activating group) is 1. The summed E-state index contributed by atoms with van der Waals surface area (Å²) in [4.78, 5) is 0. The predicted molar refractivity (Wildman–Crippen MR) is 64.8 cm³/mol. The average Bonchev–Trinajstić information content (AvgIpc) is 2.35. The molecular weight excluding hydrogens is 262 g/mol. The van der Waals surface area contributed by atoms with Gasteiger partial charge in [0, 0.05) is 12.5 Å². The monoisotopic (exact) mass is 279 g/mol. The number of hydrogen-bond acceptors (Lipinski definition) is 2. The number of methoxy groups -OCH3 is 1. The first kappa shape index (κ1) is 15.8. The van der Waals surface area contributed by atoms with Crippen molar-refractivity contribution in [2.75, 3.05) is 14.2 Å². The molecule has 0 saturated carbocycles. The average molecular weight is 279 g/mol. The van der Waals surface area contributed by atoms with Gasteiger partial charge >= 0.3 is 6.18 Å². The van der Waals surface area contributed by atoms with Gasteiger partial charge in [-0.05, 0) is 31.5 Å². The van der Waals surface area contributed by atoms with E-state index >= 15 is 0 Å². The van der Waals surface area contributed by atoms with Gasteiger partial charge in [-0.2, -0.15) is 13.2 Å². The van der Waals surface area contributed by atoms with Crippen molar-refractivity contribution in [3.8, 4) is 5.75 Å². The van der Waals surface area contributed by atoms with Crippen LogP contribution in [0, 0.1) is 5.82 Å². The summed E-state index contributed by atoms with van der Waals surface area (Å²) in [6.07, 6.45) is -4.97. The topological polar surface area (TPSA) is 21.3 Å². The highest BCUT2D eigenvalue weighted by Gasteiger charge is 2.28. The summed E-state index contributed by atoms with van der Waals surface area (Å²) in [7, 11) is 2.92. The summed E-state index contributed by atoms with van der Waals surface area (Å²) >= 11 is 0. The van der Waals surface area contributed by atoms with Crippen LogP contribution in [0.4, 0.5) is 17.6 Å². The Morgan fingerprint density at radius 3 is 2.53 bits per heavy atom. The Morgan fingerprint density at radius 1 is 1.32 bits per heavy atom. The van der Waals surface area contributed by atoms with E-state index in [1.807, 2.05) is 0 Å². The molecule has 0 saturated heterocycles. The zero-order valence-corrected chi connectivity index (χ0v) is 10.9. The molecule has 0 aliphatic carbocycles. The lowest BCUT2D eigenvalue weighted by Gasteiger charge is -2.18. The zero-order valence-electron chi connectivity index (χ0n) is 10.9. The Bertz CT molecular complexity index is 406. The van der Waals surface area contributed by atoms with Crippen LogP contribution >= 0.6 is 0 Å². The third-order valence-corrected chi connectivity index (χ3v) is 2.91. The van der Waals surface area contributed by atoms with Crippen molar-refractivity contribution in [2.24, 2.45) is 0 Å². The van der Waals surface area contributed by atoms with Gasteiger partial charge in [-0.3, -0.25) is 0 Å². The van der Waals surface area contributed by atoms with E-state index in [0.717, 1.165) is 0 Å². The lowest BCUT2D eigenvalue weighted by Crippen LogP contribution is -2.29. The van der Waals surface area contributed by atoms with Crippen molar-refractivity contribution in [2.45, 2.75) is 31.5 Å². The highest BCUT2D eigenvalue weighted by Crippen LogP contribution is 2.25. The molecule has 0 aromatic heterocycles. The van der Waals surface area contributed by atoms with E-state index in [-0.39, 0.29) is 18.6 Å². The molecule has 0 bridgehead atoms. The Balaban J connectivity index is 2.70. The first-order valence-electron chi connectivity index (χ1n) is 5.92. The quantitative estimate of drug-likeness (QED) is 0.807. The van der Waals surface area contributed by atoms with Crippen molar-refractivity contribution >= 4 is 0 Å². The van der Waals surface area contributed by atoms with Gasteiger partial charge < -0.3 is 10.1 Å². The number of ether oxygens (including phenoxy) is 1.